The van der Waals surface area contributed by atoms with Crippen LogP contribution >= 0.6 is 0 Å². The first-order chi connectivity index (χ1) is 72.2. The highest BCUT2D eigenvalue weighted by molar-refractivity contribution is 7.98. The van der Waals surface area contributed by atoms with Crippen molar-refractivity contribution in [1.29, 1.82) is 5.26 Å². The van der Waals surface area contributed by atoms with Gasteiger partial charge in [0, 0.05) is 17.0 Å². The topological polar surface area (TPSA) is 239 Å². The Morgan fingerprint density at radius 2 is 0.707 bits per heavy atom. The Balaban J connectivity index is 0.000000120. The van der Waals surface area contributed by atoms with E-state index in [4.69, 9.17) is 30.4 Å². The number of hydrogen-bond donors (Lipinski definition) is 2. The first kappa shape index (κ1) is 108. The van der Waals surface area contributed by atoms with Gasteiger partial charge in [-0.3, -0.25) is 18.7 Å². The normalized spacial score (nSPS) is 19.6. The number of ether oxygens (including phenoxy) is 3. The molecule has 8 aliphatic rings. The first-order valence-corrected chi connectivity index (χ1v) is 58.0. The number of aryl methyl sites for hydroxylation is 1. The highest BCUT2D eigenvalue weighted by Crippen LogP contribution is 2.67. The molecule has 2 N–H and O–H groups in total. The standard InChI is InChI=1S/C22H18F4O5S.C19H17S.3C18H15S.C14H10N2O3S.C13H18F2O5S/c23-21(24,22(25,26)32(27,28)29)17-10-11-9-14(17)19-18(11)30-20(31-19)15-7-3-1-5-12(15)13-6-2-4-8-16(13)20;1-16-12-14-19(15-13-16)20(17-8-4-2-5-9-17)18-10-6-3-7-11-18;3*1-4-10-16(11-5-1)19(17-12-6-2-7-13-17)18-14-8-3-9-15-18;1-16-14(10-15,20(17,18)19)9-11-6-7-12-4-2-3-5-13(12)8-11;14-13(15,21(17,18)19)7-20-11(16)12-4-8-1-9(5-12)3-10(2-8)6-12/h1-8,11,14,17-19H,9-10H2,(H,27,28,29);2-15H,1H3;3*1-15H;2-8H,9H2,(H,17,18,19);8-10H,1-7H2,(H,17,18,19)/q;4*+1;;/p-1. The molecule has 0 aromatic heterocycles. The van der Waals surface area contributed by atoms with E-state index in [0.29, 0.717) is 53.7 Å². The number of esters is 1. The average Bonchev–Trinajstić information content (AvgIpc) is 1.52. The molecule has 6 unspecified atom stereocenters. The molecule has 1 saturated heterocycles. The zero-order valence-corrected chi connectivity index (χ0v) is 87.0. The van der Waals surface area contributed by atoms with E-state index in [0.717, 1.165) is 41.2 Å². The third kappa shape index (κ3) is 24.1. The Bertz CT molecular complexity index is 7020. The summed E-state index contributed by atoms with van der Waals surface area (Å²) < 4.78 is 195. The van der Waals surface area contributed by atoms with Crippen molar-refractivity contribution in [2.45, 2.75) is 163 Å². The van der Waals surface area contributed by atoms with Crippen LogP contribution in [-0.2, 0) is 105 Å². The van der Waals surface area contributed by atoms with Crippen molar-refractivity contribution >= 4 is 90.7 Å². The van der Waals surface area contributed by atoms with Crippen molar-refractivity contribution in [1.82, 2.24) is 0 Å². The van der Waals surface area contributed by atoms with Gasteiger partial charge in [0.2, 0.25) is 5.79 Å². The molecule has 6 saturated carbocycles. The number of nitriles is 1. The lowest BCUT2D eigenvalue weighted by Crippen LogP contribution is -2.55. The number of carbonyl (C=O) groups is 1. The van der Waals surface area contributed by atoms with Crippen LogP contribution in [0.2, 0.25) is 0 Å². The number of halogens is 6. The number of benzene rings is 16. The van der Waals surface area contributed by atoms with E-state index in [-0.39, 0.29) is 62.8 Å². The predicted octanol–water partition coefficient (Wildman–Crippen LogP) is 28.2. The van der Waals surface area contributed by atoms with E-state index in [9.17, 15) is 60.9 Å². The Hall–Kier alpha value is -13.1. The molecule has 24 rings (SSSR count). The molecule has 6 bridgehead atoms. The van der Waals surface area contributed by atoms with Crippen LogP contribution in [0.15, 0.2) is 508 Å². The number of alkyl halides is 6. The molecule has 16 aromatic rings. The van der Waals surface area contributed by atoms with E-state index in [2.05, 4.69) is 374 Å². The van der Waals surface area contributed by atoms with Gasteiger partial charge in [-0.05, 0) is 261 Å². The monoisotopic (exact) mass is 2150 g/mol. The van der Waals surface area contributed by atoms with Crippen LogP contribution in [0.3, 0.4) is 0 Å². The van der Waals surface area contributed by atoms with E-state index in [1.165, 1.54) is 70.4 Å². The zero-order chi connectivity index (χ0) is 105. The molecule has 7 aliphatic carbocycles. The number of hydrogen-bond acceptors (Lipinski definition) is 12. The molecular formula is C122H107F6N2O13S7+3. The van der Waals surface area contributed by atoms with E-state index >= 15 is 0 Å². The van der Waals surface area contributed by atoms with E-state index < -0.39 is 105 Å². The molecule has 28 heteroatoms. The summed E-state index contributed by atoms with van der Waals surface area (Å²) in [6.45, 7) is 7.45. The predicted molar refractivity (Wildman–Crippen MR) is 575 cm³/mol. The first-order valence-electron chi connectivity index (χ1n) is 48.8. The van der Waals surface area contributed by atoms with Gasteiger partial charge in [-0.25, -0.2) is 15.0 Å². The maximum absolute atomic E-state index is 14.7. The van der Waals surface area contributed by atoms with Crippen LogP contribution in [0.5, 0.6) is 0 Å². The quantitative estimate of drug-likeness (QED) is 0.0211. The second kappa shape index (κ2) is 47.2. The second-order valence-corrected chi connectivity index (χ2v) is 50.4. The van der Waals surface area contributed by atoms with Gasteiger partial charge in [-0.2, -0.15) is 48.4 Å². The van der Waals surface area contributed by atoms with Crippen molar-refractivity contribution in [2.75, 3.05) is 6.61 Å². The Kier molecular flexibility index (Phi) is 34.0. The van der Waals surface area contributed by atoms with Gasteiger partial charge in [0.05, 0.1) is 67.6 Å². The van der Waals surface area contributed by atoms with Crippen molar-refractivity contribution in [3.8, 4) is 17.2 Å². The second-order valence-electron chi connectivity index (χ2n) is 37.7. The fourth-order valence-electron chi connectivity index (χ4n) is 21.3. The minimum atomic E-state index is -6.54. The van der Waals surface area contributed by atoms with E-state index in [1.807, 2.05) is 60.7 Å². The molecule has 1 spiro atoms. The van der Waals surface area contributed by atoms with Gasteiger partial charge < -0.3 is 18.8 Å². The van der Waals surface area contributed by atoms with E-state index in [1.54, 1.807) is 30.3 Å². The smallest absolute Gasteiger partial charge is 0.439 e. The van der Waals surface area contributed by atoms with Gasteiger partial charge in [0.15, 0.2) is 81.5 Å². The maximum Gasteiger partial charge on any atom is 0.439 e. The lowest BCUT2D eigenvalue weighted by Gasteiger charge is -2.55. The summed E-state index contributed by atoms with van der Waals surface area (Å²) in [7, 11) is -17.0. The van der Waals surface area contributed by atoms with Crippen molar-refractivity contribution in [3.05, 3.63) is 483 Å². The summed E-state index contributed by atoms with van der Waals surface area (Å²) in [5.74, 6) is -9.30. The molecular weight excluding hydrogens is 2040 g/mol. The SMILES string of the molecule is Cc1ccc([S+](c2ccccc2)c2ccccc2)cc1.O=C(OCC(F)(F)S(=O)(=O)O)C12CC3CC(CC(C3)C1)C2.O=S(=O)([O-])C(F)(F)C(F)(F)C1CC2CC1C1OC3(OC21)c1ccccc1-c1ccccc13.[C-]#[N+]C(C#N)(Cc1ccc2ccccc2c1)S(=O)(=O)O.c1ccc([S+](c2ccccc2)c2ccccc2)cc1.c1ccc([S+](c2ccccc2)c2ccccc2)cc1.c1ccc([S+](c2ccccc2)c2ccccc2)cc1. The molecule has 0 amide bonds. The minimum Gasteiger partial charge on any atom is -0.743 e. The zero-order valence-electron chi connectivity index (χ0n) is 81.3. The van der Waals surface area contributed by atoms with Crippen LogP contribution in [-0.4, -0.2) is 85.0 Å². The summed E-state index contributed by atoms with van der Waals surface area (Å²) in [6.07, 6.45) is 3.10. The molecule has 150 heavy (non-hydrogen) atoms. The third-order valence-corrected chi connectivity index (χ3v) is 39.6. The maximum atomic E-state index is 14.7. The molecule has 7 fully saturated rings. The van der Waals surface area contributed by atoms with Gasteiger partial charge in [-0.1, -0.05) is 309 Å². The van der Waals surface area contributed by atoms with Crippen molar-refractivity contribution in [2.24, 2.45) is 40.9 Å². The van der Waals surface area contributed by atoms with Gasteiger partial charge in [0.25, 0.3) is 0 Å². The molecule has 764 valence electrons. The fraction of sp³-hybridized carbons (Fsp3) is 0.205. The van der Waals surface area contributed by atoms with Crippen LogP contribution in [0.25, 0.3) is 26.7 Å². The molecule has 1 heterocycles. The minimum absolute atomic E-state index is 0.0146. The number of carbonyl (C=O) groups excluding carboxylic acids is 1. The highest BCUT2D eigenvalue weighted by atomic mass is 32.2. The van der Waals surface area contributed by atoms with Crippen molar-refractivity contribution in [3.63, 3.8) is 0 Å². The summed E-state index contributed by atoms with van der Waals surface area (Å²) >= 11 is 0. The Labute approximate surface area is 883 Å². The van der Waals surface area contributed by atoms with Crippen LogP contribution in [0, 0.1) is 65.7 Å². The fourth-order valence-corrected chi connectivity index (χ4v) is 31.0. The number of fused-ring (bicyclic) bond motifs is 11. The Morgan fingerprint density at radius 3 is 1.01 bits per heavy atom. The largest absolute Gasteiger partial charge is 0.743 e. The Morgan fingerprint density at radius 1 is 0.407 bits per heavy atom. The summed E-state index contributed by atoms with van der Waals surface area (Å²) in [4.78, 5) is 28.9. The van der Waals surface area contributed by atoms with Crippen LogP contribution in [0.1, 0.15) is 73.6 Å². The summed E-state index contributed by atoms with van der Waals surface area (Å²) in [5, 5.41) is 0.669. The molecule has 6 atom stereocenters. The van der Waals surface area contributed by atoms with Gasteiger partial charge in [-0.15, -0.1) is 0 Å². The van der Waals surface area contributed by atoms with Crippen LogP contribution in [0.4, 0.5) is 26.3 Å². The summed E-state index contributed by atoms with van der Waals surface area (Å²) in [6, 6.07) is 156. The third-order valence-electron chi connectivity index (χ3n) is 27.8. The number of rotatable bonds is 22. The van der Waals surface area contributed by atoms with Crippen molar-refractivity contribution < 1.29 is 84.3 Å². The lowest BCUT2D eigenvalue weighted by atomic mass is 9.49. The molecule has 15 nitrogen and oxygen atoms in total. The van der Waals surface area contributed by atoms with Crippen LogP contribution < -0.4 is 0 Å². The molecule has 1 aliphatic heterocycles. The average molecular weight is 2150 g/mol. The van der Waals surface area contributed by atoms with Gasteiger partial charge in [0.1, 0.15) is 0 Å². The molecule has 16 aromatic carbocycles. The van der Waals surface area contributed by atoms with Gasteiger partial charge >= 0.3 is 47.5 Å². The molecule has 0 radical (unpaired) electrons. The highest BCUT2D eigenvalue weighted by Gasteiger charge is 2.74. The number of nitrogens with zero attached hydrogens (tertiary/aromatic N) is 2. The summed E-state index contributed by atoms with van der Waals surface area (Å²) in [5.41, 5.74) is 4.26. The lowest BCUT2D eigenvalue weighted by molar-refractivity contribution is -0.212.